The van der Waals surface area contributed by atoms with Crippen molar-refractivity contribution in [1.29, 1.82) is 0 Å². The SMILES string of the molecule is Nc1cc(Cl)c2c(Cl)csc2c1. The summed E-state index contributed by atoms with van der Waals surface area (Å²) in [6, 6.07) is 3.58. The molecule has 1 aromatic carbocycles. The molecule has 1 aromatic heterocycles. The standard InChI is InChI=1S/C8H5Cl2NS/c9-5-1-4(11)2-7-8(5)6(10)3-12-7/h1-3H,11H2. The fourth-order valence-corrected chi connectivity index (χ4v) is 2.82. The third-order valence-corrected chi connectivity index (χ3v) is 3.26. The van der Waals surface area contributed by atoms with Crippen molar-refractivity contribution in [3.05, 3.63) is 27.6 Å². The van der Waals surface area contributed by atoms with Crippen LogP contribution in [-0.4, -0.2) is 0 Å². The summed E-state index contributed by atoms with van der Waals surface area (Å²) in [5.41, 5.74) is 6.29. The monoisotopic (exact) mass is 217 g/mol. The topological polar surface area (TPSA) is 26.0 Å². The van der Waals surface area contributed by atoms with Crippen molar-refractivity contribution in [3.63, 3.8) is 0 Å². The van der Waals surface area contributed by atoms with E-state index in [0.29, 0.717) is 15.7 Å². The van der Waals surface area contributed by atoms with Crippen LogP contribution in [0.3, 0.4) is 0 Å². The Labute approximate surface area is 83.7 Å². The first-order valence-corrected chi connectivity index (χ1v) is 4.94. The highest BCUT2D eigenvalue weighted by Crippen LogP contribution is 2.36. The Kier molecular flexibility index (Phi) is 1.91. The first-order chi connectivity index (χ1) is 5.68. The summed E-state index contributed by atoms with van der Waals surface area (Å²) in [5.74, 6) is 0. The molecule has 0 aliphatic rings. The maximum Gasteiger partial charge on any atom is 0.0606 e. The molecule has 1 nitrogen and oxygen atoms in total. The Morgan fingerprint density at radius 1 is 1.17 bits per heavy atom. The first-order valence-electron chi connectivity index (χ1n) is 3.30. The van der Waals surface area contributed by atoms with Gasteiger partial charge in [-0.2, -0.15) is 0 Å². The molecule has 62 valence electrons. The van der Waals surface area contributed by atoms with Crippen LogP contribution in [0, 0.1) is 0 Å². The molecule has 1 heterocycles. The van der Waals surface area contributed by atoms with E-state index >= 15 is 0 Å². The lowest BCUT2D eigenvalue weighted by molar-refractivity contribution is 1.79. The second kappa shape index (κ2) is 2.80. The lowest BCUT2D eigenvalue weighted by atomic mass is 10.2. The number of halogens is 2. The quantitative estimate of drug-likeness (QED) is 0.669. The van der Waals surface area contributed by atoms with Gasteiger partial charge < -0.3 is 5.73 Å². The van der Waals surface area contributed by atoms with E-state index < -0.39 is 0 Å². The van der Waals surface area contributed by atoms with Crippen molar-refractivity contribution in [1.82, 2.24) is 0 Å². The minimum absolute atomic E-state index is 0.622. The van der Waals surface area contributed by atoms with Crippen LogP contribution in [0.25, 0.3) is 10.1 Å². The fraction of sp³-hybridized carbons (Fsp3) is 0. The van der Waals surface area contributed by atoms with Gasteiger partial charge in [0.25, 0.3) is 0 Å². The summed E-state index contributed by atoms with van der Waals surface area (Å²) < 4.78 is 1.03. The van der Waals surface area contributed by atoms with Crippen molar-refractivity contribution in [2.45, 2.75) is 0 Å². The summed E-state index contributed by atoms with van der Waals surface area (Å²) >= 11 is 13.4. The van der Waals surface area contributed by atoms with Crippen molar-refractivity contribution in [2.75, 3.05) is 5.73 Å². The number of anilines is 1. The largest absolute Gasteiger partial charge is 0.399 e. The van der Waals surface area contributed by atoms with E-state index in [9.17, 15) is 0 Å². The second-order valence-electron chi connectivity index (χ2n) is 2.46. The van der Waals surface area contributed by atoms with E-state index in [-0.39, 0.29) is 0 Å². The van der Waals surface area contributed by atoms with Crippen molar-refractivity contribution >= 4 is 50.3 Å². The maximum absolute atomic E-state index is 5.95. The smallest absolute Gasteiger partial charge is 0.0606 e. The minimum Gasteiger partial charge on any atom is -0.399 e. The predicted molar refractivity (Wildman–Crippen MR) is 56.3 cm³/mol. The number of hydrogen-bond donors (Lipinski definition) is 1. The Morgan fingerprint density at radius 3 is 2.67 bits per heavy atom. The van der Waals surface area contributed by atoms with Gasteiger partial charge >= 0.3 is 0 Å². The highest BCUT2D eigenvalue weighted by molar-refractivity contribution is 7.18. The van der Waals surface area contributed by atoms with Gasteiger partial charge in [0.15, 0.2) is 0 Å². The number of benzene rings is 1. The molecule has 0 amide bonds. The molecule has 4 heteroatoms. The van der Waals surface area contributed by atoms with Gasteiger partial charge in [0.2, 0.25) is 0 Å². The molecule has 12 heavy (non-hydrogen) atoms. The molecule has 0 spiro atoms. The Morgan fingerprint density at radius 2 is 1.92 bits per heavy atom. The van der Waals surface area contributed by atoms with Crippen molar-refractivity contribution < 1.29 is 0 Å². The number of rotatable bonds is 0. The van der Waals surface area contributed by atoms with Gasteiger partial charge in [-0.05, 0) is 12.1 Å². The van der Waals surface area contributed by atoms with E-state index in [4.69, 9.17) is 28.9 Å². The molecule has 0 radical (unpaired) electrons. The zero-order valence-corrected chi connectivity index (χ0v) is 8.30. The van der Waals surface area contributed by atoms with Crippen LogP contribution in [0.5, 0.6) is 0 Å². The highest BCUT2D eigenvalue weighted by atomic mass is 35.5. The van der Waals surface area contributed by atoms with Crippen molar-refractivity contribution in [3.8, 4) is 0 Å². The molecule has 0 bridgehead atoms. The molecule has 2 aromatic rings. The second-order valence-corrected chi connectivity index (χ2v) is 4.19. The lowest BCUT2D eigenvalue weighted by Gasteiger charge is -1.96. The lowest BCUT2D eigenvalue weighted by Crippen LogP contribution is -1.82. The Balaban J connectivity index is 2.93. The van der Waals surface area contributed by atoms with Crippen LogP contribution in [-0.2, 0) is 0 Å². The highest BCUT2D eigenvalue weighted by Gasteiger charge is 2.06. The summed E-state index contributed by atoms with van der Waals surface area (Å²) in [5, 5.41) is 4.08. The van der Waals surface area contributed by atoms with E-state index in [0.717, 1.165) is 10.1 Å². The minimum atomic E-state index is 0.622. The van der Waals surface area contributed by atoms with E-state index in [1.807, 2.05) is 11.4 Å². The maximum atomic E-state index is 5.95. The van der Waals surface area contributed by atoms with Gasteiger partial charge in [-0.3, -0.25) is 0 Å². The van der Waals surface area contributed by atoms with Crippen LogP contribution < -0.4 is 5.73 Å². The van der Waals surface area contributed by atoms with Crippen LogP contribution in [0.1, 0.15) is 0 Å². The normalized spacial score (nSPS) is 10.8. The molecule has 0 unspecified atom stereocenters. The molecular weight excluding hydrogens is 213 g/mol. The summed E-state index contributed by atoms with van der Waals surface area (Å²) in [6.07, 6.45) is 0. The number of thiophene rings is 1. The molecule has 2 N–H and O–H groups in total. The molecular formula is C8H5Cl2NS. The van der Waals surface area contributed by atoms with Crippen LogP contribution in [0.4, 0.5) is 5.69 Å². The van der Waals surface area contributed by atoms with E-state index in [1.165, 1.54) is 0 Å². The number of nitrogens with two attached hydrogens (primary N) is 1. The van der Waals surface area contributed by atoms with Gasteiger partial charge in [0, 0.05) is 21.2 Å². The average Bonchev–Trinajstić information content (AvgIpc) is 2.31. The van der Waals surface area contributed by atoms with Gasteiger partial charge in [0.05, 0.1) is 10.0 Å². The zero-order chi connectivity index (χ0) is 8.72. The summed E-state index contributed by atoms with van der Waals surface area (Å²) in [7, 11) is 0. The zero-order valence-electron chi connectivity index (χ0n) is 5.97. The number of nitrogen functional groups attached to an aromatic ring is 1. The van der Waals surface area contributed by atoms with Gasteiger partial charge in [-0.15, -0.1) is 11.3 Å². The Bertz CT molecular complexity index is 436. The van der Waals surface area contributed by atoms with Crippen LogP contribution in [0.15, 0.2) is 17.5 Å². The number of hydrogen-bond acceptors (Lipinski definition) is 2. The average molecular weight is 218 g/mol. The molecule has 0 fully saturated rings. The molecule has 2 rings (SSSR count). The van der Waals surface area contributed by atoms with Gasteiger partial charge in [-0.25, -0.2) is 0 Å². The van der Waals surface area contributed by atoms with E-state index in [1.54, 1.807) is 17.4 Å². The van der Waals surface area contributed by atoms with Gasteiger partial charge in [0.1, 0.15) is 0 Å². The summed E-state index contributed by atoms with van der Waals surface area (Å²) in [4.78, 5) is 0. The third-order valence-electron chi connectivity index (χ3n) is 1.60. The fourth-order valence-electron chi connectivity index (χ4n) is 1.10. The Hall–Kier alpha value is -0.440. The molecule has 0 saturated carbocycles. The third kappa shape index (κ3) is 1.16. The van der Waals surface area contributed by atoms with Gasteiger partial charge in [-0.1, -0.05) is 23.2 Å². The first kappa shape index (κ1) is 8.17. The molecule has 0 aliphatic carbocycles. The van der Waals surface area contributed by atoms with Crippen LogP contribution in [0.2, 0.25) is 10.0 Å². The summed E-state index contributed by atoms with van der Waals surface area (Å²) in [6.45, 7) is 0. The van der Waals surface area contributed by atoms with Crippen LogP contribution >= 0.6 is 34.5 Å². The van der Waals surface area contributed by atoms with Crippen molar-refractivity contribution in [2.24, 2.45) is 0 Å². The molecule has 0 atom stereocenters. The molecule has 0 saturated heterocycles. The van der Waals surface area contributed by atoms with E-state index in [2.05, 4.69) is 0 Å². The molecule has 0 aliphatic heterocycles. The predicted octanol–water partition coefficient (Wildman–Crippen LogP) is 3.79. The number of fused-ring (bicyclic) bond motifs is 1.